The zero-order valence-electron chi connectivity index (χ0n) is 12.4. The maximum Gasteiger partial charge on any atom is 0.311 e. The molecule has 0 bridgehead atoms. The molecular weight excluding hydrogens is 457 g/mol. The van der Waals surface area contributed by atoms with E-state index in [1.165, 1.54) is 7.11 Å². The molecule has 0 aromatic heterocycles. The fourth-order valence-electron chi connectivity index (χ4n) is 3.37. The van der Waals surface area contributed by atoms with Crippen LogP contribution in [0.5, 0.6) is 0 Å². The van der Waals surface area contributed by atoms with Gasteiger partial charge in [0.05, 0.1) is 19.1 Å². The summed E-state index contributed by atoms with van der Waals surface area (Å²) in [5.41, 5.74) is 8.36. The molecule has 1 fully saturated rings. The molecule has 4 nitrogen and oxygen atoms in total. The fraction of sp³-hybridized carbons (Fsp3) is 0.929. The number of carbonyl (C=O) groups is 1. The summed E-state index contributed by atoms with van der Waals surface area (Å²) in [5.74, 6) is -0.402. The van der Waals surface area contributed by atoms with Crippen LogP contribution in [-0.2, 0) is 9.53 Å². The van der Waals surface area contributed by atoms with Crippen LogP contribution in [0.4, 0.5) is 0 Å². The van der Waals surface area contributed by atoms with Crippen molar-refractivity contribution < 1.29 is 58.7 Å². The SMILES string of the molecule is CCC(CC)C([NH-])[C@@H]1[C@H](O)[C@@H](C(=O)OC)C[C@H]1C.[Ac]. The molecule has 0 heterocycles. The molecule has 109 valence electrons. The Kier molecular flexibility index (Phi) is 9.37. The van der Waals surface area contributed by atoms with E-state index in [1.54, 1.807) is 0 Å². The normalized spacial score (nSPS) is 31.9. The molecule has 0 aliphatic heterocycles. The Morgan fingerprint density at radius 1 is 1.42 bits per heavy atom. The van der Waals surface area contributed by atoms with Crippen molar-refractivity contribution in [2.75, 3.05) is 7.11 Å². The van der Waals surface area contributed by atoms with Gasteiger partial charge in [-0.3, -0.25) is 4.79 Å². The van der Waals surface area contributed by atoms with Crippen molar-refractivity contribution >= 4 is 5.97 Å². The molecule has 2 N–H and O–H groups in total. The number of esters is 1. The number of rotatable bonds is 5. The number of aliphatic hydroxyl groups is 1. The summed E-state index contributed by atoms with van der Waals surface area (Å²) < 4.78 is 4.73. The first kappa shape index (κ1) is 19.8. The first-order valence-electron chi connectivity index (χ1n) is 6.94. The minimum Gasteiger partial charge on any atom is -0.674 e. The molecule has 1 aliphatic rings. The molecule has 1 radical (unpaired) electrons. The minimum absolute atomic E-state index is 0. The third-order valence-corrected chi connectivity index (χ3v) is 4.56. The number of hydrogen-bond donors (Lipinski definition) is 1. The van der Waals surface area contributed by atoms with Crippen LogP contribution in [0.3, 0.4) is 0 Å². The van der Waals surface area contributed by atoms with Crippen LogP contribution in [-0.4, -0.2) is 30.3 Å². The van der Waals surface area contributed by atoms with Gasteiger partial charge in [0.2, 0.25) is 0 Å². The summed E-state index contributed by atoms with van der Waals surface area (Å²) in [4.78, 5) is 11.6. The van der Waals surface area contributed by atoms with Gasteiger partial charge in [0, 0.05) is 44.1 Å². The van der Waals surface area contributed by atoms with Crippen LogP contribution in [0.15, 0.2) is 0 Å². The van der Waals surface area contributed by atoms with Gasteiger partial charge in [-0.15, -0.1) is 6.04 Å². The molecule has 5 heteroatoms. The first-order chi connectivity index (χ1) is 8.47. The Morgan fingerprint density at radius 3 is 2.37 bits per heavy atom. The van der Waals surface area contributed by atoms with E-state index in [4.69, 9.17) is 10.5 Å². The van der Waals surface area contributed by atoms with E-state index in [0.717, 1.165) is 12.8 Å². The van der Waals surface area contributed by atoms with Crippen molar-refractivity contribution in [2.45, 2.75) is 52.2 Å². The van der Waals surface area contributed by atoms with E-state index in [9.17, 15) is 9.90 Å². The average Bonchev–Trinajstić information content (AvgIpc) is 2.65. The van der Waals surface area contributed by atoms with Gasteiger partial charge < -0.3 is 15.6 Å². The molecule has 0 amide bonds. The summed E-state index contributed by atoms with van der Waals surface area (Å²) in [6.07, 6.45) is 1.80. The minimum atomic E-state index is -0.726. The molecule has 0 saturated heterocycles. The van der Waals surface area contributed by atoms with Crippen LogP contribution in [0, 0.1) is 67.7 Å². The van der Waals surface area contributed by atoms with Gasteiger partial charge in [0.25, 0.3) is 0 Å². The van der Waals surface area contributed by atoms with Crippen molar-refractivity contribution in [2.24, 2.45) is 23.7 Å². The van der Waals surface area contributed by atoms with E-state index in [0.29, 0.717) is 12.3 Å². The monoisotopic (exact) mass is 483 g/mol. The van der Waals surface area contributed by atoms with Crippen molar-refractivity contribution in [3.8, 4) is 0 Å². The Hall–Kier alpha value is 0.832. The Labute approximate surface area is 152 Å². The van der Waals surface area contributed by atoms with Gasteiger partial charge in [-0.2, -0.15) is 0 Å². The van der Waals surface area contributed by atoms with E-state index < -0.39 is 12.0 Å². The second kappa shape index (κ2) is 8.97. The maximum atomic E-state index is 11.6. The fourth-order valence-corrected chi connectivity index (χ4v) is 3.37. The number of ether oxygens (including phenoxy) is 1. The standard InChI is InChI=1S/C14H26NO3.Ac/c1-5-9(6-2)12(15)11-8(3)7-10(13(11)16)14(17)18-4;/h8-13,15-16H,5-7H2,1-4H3;/q-1;/t8-,10+,11-,12?,13-;/m1./s1. The van der Waals surface area contributed by atoms with Gasteiger partial charge >= 0.3 is 5.97 Å². The second-order valence-electron chi connectivity index (χ2n) is 5.51. The summed E-state index contributed by atoms with van der Waals surface area (Å²) >= 11 is 0. The molecule has 1 unspecified atom stereocenters. The zero-order chi connectivity index (χ0) is 13.9. The number of nitrogens with one attached hydrogen (secondary N) is 1. The van der Waals surface area contributed by atoms with Crippen LogP contribution in [0.2, 0.25) is 0 Å². The van der Waals surface area contributed by atoms with E-state index in [-0.39, 0.29) is 67.9 Å². The molecule has 0 aromatic carbocycles. The first-order valence-corrected chi connectivity index (χ1v) is 6.94. The Morgan fingerprint density at radius 2 is 1.95 bits per heavy atom. The molecule has 1 saturated carbocycles. The zero-order valence-corrected chi connectivity index (χ0v) is 17.2. The number of carbonyl (C=O) groups excluding carboxylic acids is 1. The number of hydrogen-bond acceptors (Lipinski definition) is 3. The van der Waals surface area contributed by atoms with E-state index in [2.05, 4.69) is 13.8 Å². The molecule has 0 spiro atoms. The molecule has 5 atom stereocenters. The predicted octanol–water partition coefficient (Wildman–Crippen LogP) is 2.65. The van der Waals surface area contributed by atoms with Crippen molar-refractivity contribution in [3.05, 3.63) is 5.73 Å². The number of aliphatic hydroxyl groups excluding tert-OH is 1. The quantitative estimate of drug-likeness (QED) is 0.612. The molecule has 1 rings (SSSR count). The second-order valence-corrected chi connectivity index (χ2v) is 5.51. The molecule has 19 heavy (non-hydrogen) atoms. The van der Waals surface area contributed by atoms with Crippen LogP contribution < -0.4 is 0 Å². The molecular formula is C14H26AcNO3-. The van der Waals surface area contributed by atoms with Crippen molar-refractivity contribution in [1.29, 1.82) is 0 Å². The molecule has 1 aliphatic carbocycles. The van der Waals surface area contributed by atoms with E-state index in [1.807, 2.05) is 6.92 Å². The van der Waals surface area contributed by atoms with Crippen LogP contribution >= 0.6 is 0 Å². The summed E-state index contributed by atoms with van der Waals surface area (Å²) in [7, 11) is 1.35. The Bertz CT molecular complexity index is 284. The van der Waals surface area contributed by atoms with Crippen molar-refractivity contribution in [1.82, 2.24) is 0 Å². The van der Waals surface area contributed by atoms with Gasteiger partial charge in [0.15, 0.2) is 0 Å². The average molecular weight is 483 g/mol. The third-order valence-electron chi connectivity index (χ3n) is 4.56. The van der Waals surface area contributed by atoms with E-state index >= 15 is 0 Å². The van der Waals surface area contributed by atoms with Gasteiger partial charge in [0.1, 0.15) is 0 Å². The van der Waals surface area contributed by atoms with Crippen LogP contribution in [0.25, 0.3) is 5.73 Å². The smallest absolute Gasteiger partial charge is 0.311 e. The number of methoxy groups -OCH3 is 1. The largest absolute Gasteiger partial charge is 0.674 e. The summed E-state index contributed by atoms with van der Waals surface area (Å²) in [5, 5.41) is 10.3. The van der Waals surface area contributed by atoms with Gasteiger partial charge in [-0.05, 0) is 18.3 Å². The predicted molar refractivity (Wildman–Crippen MR) is 71.0 cm³/mol. The third kappa shape index (κ3) is 4.40. The van der Waals surface area contributed by atoms with Gasteiger partial charge in [-0.25, -0.2) is 0 Å². The summed E-state index contributed by atoms with van der Waals surface area (Å²) in [6.45, 7) is 6.19. The maximum absolute atomic E-state index is 11.6. The topological polar surface area (TPSA) is 70.3 Å². The van der Waals surface area contributed by atoms with Crippen LogP contribution in [0.1, 0.15) is 40.0 Å². The molecule has 0 aromatic rings. The van der Waals surface area contributed by atoms with Gasteiger partial charge in [-0.1, -0.05) is 39.5 Å². The Balaban J connectivity index is 0.00000324. The summed E-state index contributed by atoms with van der Waals surface area (Å²) in [6, 6.07) is -0.292. The van der Waals surface area contributed by atoms with Crippen molar-refractivity contribution in [3.63, 3.8) is 0 Å².